The van der Waals surface area contributed by atoms with Crippen LogP contribution >= 0.6 is 11.3 Å². The van der Waals surface area contributed by atoms with E-state index in [-0.39, 0.29) is 12.5 Å². The molecule has 7 rings (SSSR count). The number of aryl methyl sites for hydroxylation is 1. The second-order valence-electron chi connectivity index (χ2n) is 9.47. The third kappa shape index (κ3) is 3.56. The Balaban J connectivity index is 1.10. The zero-order valence-corrected chi connectivity index (χ0v) is 20.8. The maximum atomic E-state index is 11.9. The largest absolute Gasteiger partial charge is 0.370 e. The lowest BCUT2D eigenvalue weighted by atomic mass is 10.0. The molecular weight excluding hydrogens is 470 g/mol. The highest BCUT2D eigenvalue weighted by Gasteiger charge is 2.28. The van der Waals surface area contributed by atoms with Crippen LogP contribution in [-0.4, -0.2) is 57.1 Å². The highest BCUT2D eigenvalue weighted by atomic mass is 32.1. The van der Waals surface area contributed by atoms with Crippen molar-refractivity contribution in [3.63, 3.8) is 0 Å². The van der Waals surface area contributed by atoms with Gasteiger partial charge in [-0.25, -0.2) is 0 Å². The summed E-state index contributed by atoms with van der Waals surface area (Å²) in [5, 5.41) is 13.5. The molecule has 0 atom stereocenters. The van der Waals surface area contributed by atoms with E-state index in [2.05, 4.69) is 58.7 Å². The van der Waals surface area contributed by atoms with E-state index in [0.29, 0.717) is 13.2 Å². The number of thiophene rings is 1. The number of hydrogen-bond acceptors (Lipinski definition) is 5. The van der Waals surface area contributed by atoms with Crippen molar-refractivity contribution in [1.29, 1.82) is 0 Å². The standard InChI is InChI=1S/C28H25N5O2S/c1-32-23-12-19(6-7-20(23)15-29-32)27-22-14-25-21(28(22)31-30-27)13-24(36-25)18-4-2-17(3-5-18)8-9-33-10-11-35-16-26(33)34/h2-7,12-13,15H,8-11,14,16H2,1H3,(H,30,31). The molecule has 0 saturated carbocycles. The Hall–Kier alpha value is -3.75. The molecule has 1 saturated heterocycles. The topological polar surface area (TPSA) is 76.0 Å². The Morgan fingerprint density at radius 1 is 1.11 bits per heavy atom. The number of morpholine rings is 1. The summed E-state index contributed by atoms with van der Waals surface area (Å²) in [6.45, 7) is 2.27. The fourth-order valence-corrected chi connectivity index (χ4v) is 6.43. The summed E-state index contributed by atoms with van der Waals surface area (Å²) < 4.78 is 7.12. The first-order valence-corrected chi connectivity index (χ1v) is 13.0. The molecule has 7 nitrogen and oxygen atoms in total. The van der Waals surface area contributed by atoms with Gasteiger partial charge in [-0.15, -0.1) is 11.3 Å². The van der Waals surface area contributed by atoms with E-state index in [9.17, 15) is 4.79 Å². The van der Waals surface area contributed by atoms with Gasteiger partial charge in [-0.1, -0.05) is 36.4 Å². The molecule has 0 radical (unpaired) electrons. The van der Waals surface area contributed by atoms with E-state index >= 15 is 0 Å². The van der Waals surface area contributed by atoms with Gasteiger partial charge in [0.1, 0.15) is 6.61 Å². The van der Waals surface area contributed by atoms with E-state index in [1.165, 1.54) is 32.0 Å². The molecule has 1 fully saturated rings. The number of nitrogens with one attached hydrogen (secondary N) is 1. The lowest BCUT2D eigenvalue weighted by Crippen LogP contribution is -2.42. The third-order valence-electron chi connectivity index (χ3n) is 7.30. The van der Waals surface area contributed by atoms with Gasteiger partial charge >= 0.3 is 0 Å². The fraction of sp³-hybridized carbons (Fsp3) is 0.250. The molecule has 4 heterocycles. The maximum Gasteiger partial charge on any atom is 0.248 e. The number of fused-ring (bicyclic) bond motifs is 4. The Kier molecular flexibility index (Phi) is 5.04. The first-order chi connectivity index (χ1) is 17.6. The Labute approximate surface area is 212 Å². The molecule has 1 amide bonds. The van der Waals surface area contributed by atoms with Gasteiger partial charge in [0.05, 0.1) is 29.7 Å². The Morgan fingerprint density at radius 2 is 1.97 bits per heavy atom. The summed E-state index contributed by atoms with van der Waals surface area (Å²) in [6, 6.07) is 17.5. The number of aromatic nitrogens is 4. The van der Waals surface area contributed by atoms with Gasteiger partial charge in [-0.3, -0.25) is 14.6 Å². The van der Waals surface area contributed by atoms with Crippen LogP contribution in [0.4, 0.5) is 0 Å². The van der Waals surface area contributed by atoms with Crippen molar-refractivity contribution in [3.05, 3.63) is 70.7 Å². The number of rotatable bonds is 5. The van der Waals surface area contributed by atoms with Crippen LogP contribution < -0.4 is 0 Å². The van der Waals surface area contributed by atoms with Crippen molar-refractivity contribution in [2.75, 3.05) is 26.3 Å². The molecule has 3 aromatic heterocycles. The average Bonchev–Trinajstić information content (AvgIpc) is 3.65. The van der Waals surface area contributed by atoms with Crippen LogP contribution in [0.2, 0.25) is 0 Å². The molecule has 36 heavy (non-hydrogen) atoms. The van der Waals surface area contributed by atoms with E-state index in [4.69, 9.17) is 9.84 Å². The number of amides is 1. The van der Waals surface area contributed by atoms with Gasteiger partial charge in [0.2, 0.25) is 5.91 Å². The van der Waals surface area contributed by atoms with Crippen molar-refractivity contribution in [2.24, 2.45) is 7.05 Å². The average molecular weight is 496 g/mol. The maximum absolute atomic E-state index is 11.9. The van der Waals surface area contributed by atoms with Crippen LogP contribution in [-0.2, 0) is 29.4 Å². The van der Waals surface area contributed by atoms with Crippen LogP contribution in [0.25, 0.3) is 43.9 Å². The quantitative estimate of drug-likeness (QED) is 0.377. The minimum Gasteiger partial charge on any atom is -0.370 e. The Morgan fingerprint density at radius 3 is 2.83 bits per heavy atom. The van der Waals surface area contributed by atoms with Crippen molar-refractivity contribution in [3.8, 4) is 33.0 Å². The minimum absolute atomic E-state index is 0.0878. The first-order valence-electron chi connectivity index (χ1n) is 12.2. The van der Waals surface area contributed by atoms with Crippen LogP contribution in [0.15, 0.2) is 54.7 Å². The number of carbonyl (C=O) groups excluding carboxylic acids is 1. The van der Waals surface area contributed by atoms with Gasteiger partial charge in [0, 0.05) is 58.4 Å². The highest BCUT2D eigenvalue weighted by molar-refractivity contribution is 7.16. The molecule has 1 aliphatic heterocycles. The molecule has 0 unspecified atom stereocenters. The van der Waals surface area contributed by atoms with Crippen molar-refractivity contribution in [1.82, 2.24) is 24.9 Å². The SMILES string of the molecule is Cn1ncc2ccc(-c3n[nH]c4c3Cc3sc(-c5ccc(CCN6CCOCC6=O)cc5)cc3-4)cc21. The normalized spacial score (nSPS) is 15.0. The van der Waals surface area contributed by atoms with E-state index in [0.717, 1.165) is 47.2 Å². The number of ether oxygens (including phenoxy) is 1. The minimum atomic E-state index is 0.0878. The predicted octanol–water partition coefficient (Wildman–Crippen LogP) is 4.66. The molecule has 180 valence electrons. The molecule has 0 bridgehead atoms. The van der Waals surface area contributed by atoms with Crippen molar-refractivity contribution < 1.29 is 9.53 Å². The van der Waals surface area contributed by atoms with Gasteiger partial charge in [-0.2, -0.15) is 10.2 Å². The molecule has 2 aliphatic rings. The van der Waals surface area contributed by atoms with Crippen LogP contribution in [0, 0.1) is 0 Å². The van der Waals surface area contributed by atoms with Gasteiger partial charge in [-0.05, 0) is 29.7 Å². The van der Waals surface area contributed by atoms with Gasteiger partial charge in [0.25, 0.3) is 0 Å². The Bertz CT molecular complexity index is 1610. The molecule has 1 N–H and O–H groups in total. The zero-order valence-electron chi connectivity index (χ0n) is 20.0. The summed E-state index contributed by atoms with van der Waals surface area (Å²) >= 11 is 1.86. The molecule has 5 aromatic rings. The number of hydrogen-bond donors (Lipinski definition) is 1. The van der Waals surface area contributed by atoms with E-state index in [1.807, 2.05) is 34.2 Å². The summed E-state index contributed by atoms with van der Waals surface area (Å²) in [7, 11) is 1.97. The summed E-state index contributed by atoms with van der Waals surface area (Å²) in [6.07, 6.45) is 3.65. The van der Waals surface area contributed by atoms with Gasteiger partial charge in [0.15, 0.2) is 0 Å². The van der Waals surface area contributed by atoms with E-state index < -0.39 is 0 Å². The third-order valence-corrected chi connectivity index (χ3v) is 8.48. The number of benzene rings is 2. The zero-order chi connectivity index (χ0) is 24.2. The molecular formula is C28H25N5O2S. The van der Waals surface area contributed by atoms with Crippen LogP contribution in [0.1, 0.15) is 16.0 Å². The molecule has 8 heteroatoms. The summed E-state index contributed by atoms with van der Waals surface area (Å²) in [5.74, 6) is 0.0878. The monoisotopic (exact) mass is 495 g/mol. The van der Waals surface area contributed by atoms with E-state index in [1.54, 1.807) is 0 Å². The predicted molar refractivity (Wildman–Crippen MR) is 141 cm³/mol. The molecule has 2 aromatic carbocycles. The number of H-pyrrole nitrogens is 1. The van der Waals surface area contributed by atoms with Crippen molar-refractivity contribution >= 4 is 28.1 Å². The van der Waals surface area contributed by atoms with Crippen molar-refractivity contribution in [2.45, 2.75) is 12.8 Å². The van der Waals surface area contributed by atoms with Gasteiger partial charge < -0.3 is 9.64 Å². The number of aromatic amines is 1. The molecule has 0 spiro atoms. The second kappa shape index (κ2) is 8.43. The van der Waals surface area contributed by atoms with Crippen LogP contribution in [0.5, 0.6) is 0 Å². The smallest absolute Gasteiger partial charge is 0.248 e. The second-order valence-corrected chi connectivity index (χ2v) is 10.6. The number of carbonyl (C=O) groups is 1. The fourth-order valence-electron chi connectivity index (χ4n) is 5.25. The summed E-state index contributed by atoms with van der Waals surface area (Å²) in [4.78, 5) is 16.5. The summed E-state index contributed by atoms with van der Waals surface area (Å²) in [5.41, 5.74) is 9.40. The lowest BCUT2D eigenvalue weighted by Gasteiger charge is -2.26. The number of nitrogens with zero attached hydrogens (tertiary/aromatic N) is 4. The lowest BCUT2D eigenvalue weighted by molar-refractivity contribution is -0.142. The molecule has 1 aliphatic carbocycles. The highest BCUT2D eigenvalue weighted by Crippen LogP contribution is 2.46. The first kappa shape index (κ1) is 21.5. The van der Waals surface area contributed by atoms with Crippen LogP contribution in [0.3, 0.4) is 0 Å².